The SMILES string of the molecule is Cc1cc(NC(=O)CN2CCCC(CO)C2)n(C)n1. The van der Waals surface area contributed by atoms with Gasteiger partial charge in [0.1, 0.15) is 5.82 Å². The Labute approximate surface area is 113 Å². The van der Waals surface area contributed by atoms with E-state index in [2.05, 4.69) is 15.3 Å². The molecule has 6 heteroatoms. The van der Waals surface area contributed by atoms with Gasteiger partial charge in [-0.25, -0.2) is 0 Å². The van der Waals surface area contributed by atoms with Gasteiger partial charge in [-0.2, -0.15) is 5.10 Å². The fraction of sp³-hybridized carbons (Fsp3) is 0.692. The number of hydrogen-bond donors (Lipinski definition) is 2. The molecule has 1 aliphatic rings. The molecule has 1 aliphatic heterocycles. The summed E-state index contributed by atoms with van der Waals surface area (Å²) in [6.45, 7) is 4.20. The van der Waals surface area contributed by atoms with Crippen LogP contribution in [0.4, 0.5) is 5.82 Å². The van der Waals surface area contributed by atoms with Crippen LogP contribution in [0, 0.1) is 12.8 Å². The number of rotatable bonds is 4. The van der Waals surface area contributed by atoms with E-state index in [0.29, 0.717) is 12.5 Å². The van der Waals surface area contributed by atoms with Crippen LogP contribution in [0.15, 0.2) is 6.07 Å². The fourth-order valence-electron chi connectivity index (χ4n) is 2.56. The molecule has 2 rings (SSSR count). The molecule has 0 bridgehead atoms. The third-order valence-corrected chi connectivity index (χ3v) is 3.50. The van der Waals surface area contributed by atoms with Crippen molar-refractivity contribution in [2.45, 2.75) is 19.8 Å². The number of carbonyl (C=O) groups excluding carboxylic acids is 1. The topological polar surface area (TPSA) is 70.4 Å². The van der Waals surface area contributed by atoms with Crippen LogP contribution in [-0.4, -0.2) is 51.9 Å². The summed E-state index contributed by atoms with van der Waals surface area (Å²) in [7, 11) is 1.81. The third kappa shape index (κ3) is 3.78. The van der Waals surface area contributed by atoms with Crippen molar-refractivity contribution in [1.82, 2.24) is 14.7 Å². The molecule has 6 nitrogen and oxygen atoms in total. The number of anilines is 1. The van der Waals surface area contributed by atoms with Crippen LogP contribution in [0.3, 0.4) is 0 Å². The van der Waals surface area contributed by atoms with E-state index in [9.17, 15) is 9.90 Å². The molecule has 1 atom stereocenters. The quantitative estimate of drug-likeness (QED) is 0.826. The number of piperidine rings is 1. The molecular weight excluding hydrogens is 244 g/mol. The Hall–Kier alpha value is -1.40. The lowest BCUT2D eigenvalue weighted by atomic mass is 9.99. The van der Waals surface area contributed by atoms with Gasteiger partial charge in [-0.3, -0.25) is 14.4 Å². The van der Waals surface area contributed by atoms with Crippen molar-refractivity contribution < 1.29 is 9.90 Å². The summed E-state index contributed by atoms with van der Waals surface area (Å²) >= 11 is 0. The second kappa shape index (κ2) is 6.16. The molecule has 106 valence electrons. The molecule has 2 N–H and O–H groups in total. The van der Waals surface area contributed by atoms with E-state index in [-0.39, 0.29) is 12.5 Å². The highest BCUT2D eigenvalue weighted by atomic mass is 16.3. The first-order valence-corrected chi connectivity index (χ1v) is 6.72. The number of aliphatic hydroxyl groups is 1. The van der Waals surface area contributed by atoms with Gasteiger partial charge in [0.25, 0.3) is 0 Å². The highest BCUT2D eigenvalue weighted by molar-refractivity contribution is 5.91. The van der Waals surface area contributed by atoms with Crippen molar-refractivity contribution in [3.8, 4) is 0 Å². The summed E-state index contributed by atoms with van der Waals surface area (Å²) in [6, 6.07) is 1.85. The zero-order valence-electron chi connectivity index (χ0n) is 11.6. The van der Waals surface area contributed by atoms with Gasteiger partial charge >= 0.3 is 0 Å². The third-order valence-electron chi connectivity index (χ3n) is 3.50. The predicted octanol–water partition coefficient (Wildman–Crippen LogP) is 0.371. The lowest BCUT2D eigenvalue weighted by Crippen LogP contribution is -2.41. The highest BCUT2D eigenvalue weighted by Crippen LogP contribution is 2.15. The van der Waals surface area contributed by atoms with Gasteiger partial charge in [-0.15, -0.1) is 0 Å². The molecule has 19 heavy (non-hydrogen) atoms. The van der Waals surface area contributed by atoms with E-state index in [1.54, 1.807) is 4.68 Å². The molecule has 1 aromatic rings. The molecule has 0 spiro atoms. The van der Waals surface area contributed by atoms with Crippen molar-refractivity contribution in [3.05, 3.63) is 11.8 Å². The van der Waals surface area contributed by atoms with E-state index in [0.717, 1.165) is 37.4 Å². The van der Waals surface area contributed by atoms with Crippen LogP contribution in [-0.2, 0) is 11.8 Å². The lowest BCUT2D eigenvalue weighted by Gasteiger charge is -2.31. The number of amides is 1. The van der Waals surface area contributed by atoms with Crippen molar-refractivity contribution in [3.63, 3.8) is 0 Å². The van der Waals surface area contributed by atoms with Gasteiger partial charge in [0.2, 0.25) is 5.91 Å². The largest absolute Gasteiger partial charge is 0.396 e. The number of nitrogens with one attached hydrogen (secondary N) is 1. The zero-order valence-corrected chi connectivity index (χ0v) is 11.6. The van der Waals surface area contributed by atoms with Gasteiger partial charge in [0, 0.05) is 26.3 Å². The second-order valence-corrected chi connectivity index (χ2v) is 5.27. The van der Waals surface area contributed by atoms with Crippen molar-refractivity contribution in [2.75, 3.05) is 31.6 Å². The highest BCUT2D eigenvalue weighted by Gasteiger charge is 2.21. The molecule has 2 heterocycles. The normalized spacial score (nSPS) is 20.5. The van der Waals surface area contributed by atoms with Gasteiger partial charge in [-0.1, -0.05) is 0 Å². The number of aliphatic hydroxyl groups excluding tert-OH is 1. The molecule has 1 fully saturated rings. The molecular formula is C13H22N4O2. The molecule has 0 radical (unpaired) electrons. The van der Waals surface area contributed by atoms with Crippen molar-refractivity contribution in [2.24, 2.45) is 13.0 Å². The first kappa shape index (κ1) is 14.0. The first-order chi connectivity index (χ1) is 9.08. The fourth-order valence-corrected chi connectivity index (χ4v) is 2.56. The summed E-state index contributed by atoms with van der Waals surface area (Å²) < 4.78 is 1.67. The molecule has 1 aromatic heterocycles. The Kier molecular flexibility index (Phi) is 4.55. The van der Waals surface area contributed by atoms with E-state index >= 15 is 0 Å². The summed E-state index contributed by atoms with van der Waals surface area (Å²) in [5.41, 5.74) is 0.885. The summed E-state index contributed by atoms with van der Waals surface area (Å²) in [5, 5.41) is 16.2. The summed E-state index contributed by atoms with van der Waals surface area (Å²) in [4.78, 5) is 14.1. The van der Waals surface area contributed by atoms with Crippen LogP contribution in [0.1, 0.15) is 18.5 Å². The first-order valence-electron chi connectivity index (χ1n) is 6.72. The zero-order chi connectivity index (χ0) is 13.8. The Balaban J connectivity index is 1.85. The number of aromatic nitrogens is 2. The van der Waals surface area contributed by atoms with Gasteiger partial charge in [0.15, 0.2) is 0 Å². The Bertz CT molecular complexity index is 444. The molecule has 1 saturated heterocycles. The van der Waals surface area contributed by atoms with Crippen LogP contribution in [0.2, 0.25) is 0 Å². The number of likely N-dealkylation sites (tertiary alicyclic amines) is 1. The van der Waals surface area contributed by atoms with Crippen LogP contribution in [0.25, 0.3) is 0 Å². The Morgan fingerprint density at radius 1 is 1.63 bits per heavy atom. The molecule has 1 unspecified atom stereocenters. The molecule has 0 saturated carbocycles. The van der Waals surface area contributed by atoms with E-state index in [4.69, 9.17) is 0 Å². The van der Waals surface area contributed by atoms with E-state index in [1.165, 1.54) is 0 Å². The Morgan fingerprint density at radius 2 is 2.42 bits per heavy atom. The predicted molar refractivity (Wildman–Crippen MR) is 72.8 cm³/mol. The minimum Gasteiger partial charge on any atom is -0.396 e. The smallest absolute Gasteiger partial charge is 0.239 e. The summed E-state index contributed by atoms with van der Waals surface area (Å²) in [6.07, 6.45) is 2.10. The lowest BCUT2D eigenvalue weighted by molar-refractivity contribution is -0.117. The van der Waals surface area contributed by atoms with Gasteiger partial charge in [0.05, 0.1) is 12.2 Å². The minimum atomic E-state index is -0.0263. The Morgan fingerprint density at radius 3 is 3.05 bits per heavy atom. The van der Waals surface area contributed by atoms with Gasteiger partial charge in [-0.05, 0) is 32.2 Å². The number of hydrogen-bond acceptors (Lipinski definition) is 4. The maximum atomic E-state index is 12.0. The average molecular weight is 266 g/mol. The second-order valence-electron chi connectivity index (χ2n) is 5.27. The van der Waals surface area contributed by atoms with Gasteiger partial charge < -0.3 is 10.4 Å². The van der Waals surface area contributed by atoms with Crippen molar-refractivity contribution in [1.29, 1.82) is 0 Å². The van der Waals surface area contributed by atoms with Crippen LogP contribution in [0.5, 0.6) is 0 Å². The maximum Gasteiger partial charge on any atom is 0.239 e. The molecule has 0 aliphatic carbocycles. The molecule has 1 amide bonds. The number of carbonyl (C=O) groups is 1. The standard InChI is InChI=1S/C13H22N4O2/c1-10-6-12(16(2)15-10)14-13(19)8-17-5-3-4-11(7-17)9-18/h6,11,18H,3-5,7-9H2,1-2H3,(H,14,19). The van der Waals surface area contributed by atoms with E-state index in [1.807, 2.05) is 20.0 Å². The number of aryl methyl sites for hydroxylation is 2. The van der Waals surface area contributed by atoms with E-state index < -0.39 is 0 Å². The van der Waals surface area contributed by atoms with Crippen LogP contribution >= 0.6 is 0 Å². The number of nitrogens with zero attached hydrogens (tertiary/aromatic N) is 3. The maximum absolute atomic E-state index is 12.0. The van der Waals surface area contributed by atoms with Crippen molar-refractivity contribution >= 4 is 11.7 Å². The van der Waals surface area contributed by atoms with Crippen LogP contribution < -0.4 is 5.32 Å². The average Bonchev–Trinajstić information content (AvgIpc) is 2.68. The molecule has 0 aromatic carbocycles. The monoisotopic (exact) mass is 266 g/mol. The summed E-state index contributed by atoms with van der Waals surface area (Å²) in [5.74, 6) is 1.00. The minimum absolute atomic E-state index is 0.0263.